The molecule has 0 bridgehead atoms. The topological polar surface area (TPSA) is 48.0 Å². The zero-order valence-electron chi connectivity index (χ0n) is 10.4. The number of benzene rings is 2. The third-order valence-electron chi connectivity index (χ3n) is 3.27. The van der Waals surface area contributed by atoms with Crippen LogP contribution in [0.4, 0.5) is 5.69 Å². The van der Waals surface area contributed by atoms with Crippen molar-refractivity contribution in [1.29, 1.82) is 0 Å². The van der Waals surface area contributed by atoms with Gasteiger partial charge in [-0.25, -0.2) is 0 Å². The normalized spacial score (nSPS) is 10.7. The predicted octanol–water partition coefficient (Wildman–Crippen LogP) is 2.63. The zero-order valence-corrected chi connectivity index (χ0v) is 10.4. The van der Waals surface area contributed by atoms with Crippen LogP contribution in [0.3, 0.4) is 0 Å². The standard InChI is InChI=1S/C16H14N2O/c17-15-9-4-10-18(16(15)19)11-13-7-3-6-12-5-1-2-8-14(12)13/h1-10H,11,17H2. The minimum absolute atomic E-state index is 0.143. The monoisotopic (exact) mass is 250 g/mol. The zero-order chi connectivity index (χ0) is 13.2. The van der Waals surface area contributed by atoms with Crippen LogP contribution < -0.4 is 11.3 Å². The molecule has 0 unspecified atom stereocenters. The Labute approximate surface area is 110 Å². The Morgan fingerprint density at radius 3 is 2.63 bits per heavy atom. The van der Waals surface area contributed by atoms with Crippen LogP contribution in [0.5, 0.6) is 0 Å². The van der Waals surface area contributed by atoms with E-state index in [0.29, 0.717) is 6.54 Å². The molecule has 1 aromatic heterocycles. The summed E-state index contributed by atoms with van der Waals surface area (Å²) in [5, 5.41) is 2.34. The first-order chi connectivity index (χ1) is 9.25. The fourth-order valence-electron chi connectivity index (χ4n) is 2.29. The number of nitrogens with two attached hydrogens (primary N) is 1. The van der Waals surface area contributed by atoms with Crippen molar-refractivity contribution in [2.75, 3.05) is 5.73 Å². The number of hydrogen-bond acceptors (Lipinski definition) is 2. The van der Waals surface area contributed by atoms with E-state index < -0.39 is 0 Å². The van der Waals surface area contributed by atoms with Crippen LogP contribution in [0, 0.1) is 0 Å². The van der Waals surface area contributed by atoms with Crippen LogP contribution in [0.1, 0.15) is 5.56 Å². The van der Waals surface area contributed by atoms with Crippen LogP contribution in [-0.4, -0.2) is 4.57 Å². The molecule has 0 saturated heterocycles. The summed E-state index contributed by atoms with van der Waals surface area (Å²) in [6.45, 7) is 0.533. The summed E-state index contributed by atoms with van der Waals surface area (Å²) in [7, 11) is 0. The summed E-state index contributed by atoms with van der Waals surface area (Å²) >= 11 is 0. The molecule has 1 heterocycles. The van der Waals surface area contributed by atoms with E-state index in [1.54, 1.807) is 22.9 Å². The summed E-state index contributed by atoms with van der Waals surface area (Å²) in [4.78, 5) is 11.9. The molecule has 3 aromatic rings. The maximum Gasteiger partial charge on any atom is 0.273 e. The summed E-state index contributed by atoms with van der Waals surface area (Å²) in [5.41, 5.74) is 6.91. The number of nitrogen functional groups attached to an aromatic ring is 1. The van der Waals surface area contributed by atoms with E-state index in [-0.39, 0.29) is 11.2 Å². The molecular weight excluding hydrogens is 236 g/mol. The largest absolute Gasteiger partial charge is 0.394 e. The molecule has 0 aliphatic carbocycles. The van der Waals surface area contributed by atoms with Crippen LogP contribution >= 0.6 is 0 Å². The Balaban J connectivity index is 2.11. The molecule has 0 spiro atoms. The van der Waals surface area contributed by atoms with Gasteiger partial charge in [-0.3, -0.25) is 4.79 Å². The summed E-state index contributed by atoms with van der Waals surface area (Å²) < 4.78 is 1.64. The first kappa shape index (κ1) is 11.5. The van der Waals surface area contributed by atoms with Gasteiger partial charge in [-0.15, -0.1) is 0 Å². The Morgan fingerprint density at radius 1 is 0.947 bits per heavy atom. The van der Waals surface area contributed by atoms with E-state index in [9.17, 15) is 4.79 Å². The maximum atomic E-state index is 11.9. The molecule has 0 aliphatic heterocycles. The van der Waals surface area contributed by atoms with Crippen molar-refractivity contribution < 1.29 is 0 Å². The molecule has 2 N–H and O–H groups in total. The van der Waals surface area contributed by atoms with Crippen molar-refractivity contribution in [3.05, 3.63) is 76.7 Å². The fraction of sp³-hybridized carbons (Fsp3) is 0.0625. The Morgan fingerprint density at radius 2 is 1.74 bits per heavy atom. The second kappa shape index (κ2) is 4.61. The molecule has 2 aromatic carbocycles. The van der Waals surface area contributed by atoms with E-state index in [1.165, 1.54) is 10.8 Å². The van der Waals surface area contributed by atoms with Gasteiger partial charge in [0.2, 0.25) is 0 Å². The number of rotatable bonds is 2. The van der Waals surface area contributed by atoms with Crippen molar-refractivity contribution in [1.82, 2.24) is 4.57 Å². The molecule has 19 heavy (non-hydrogen) atoms. The van der Waals surface area contributed by atoms with Gasteiger partial charge in [-0.1, -0.05) is 42.5 Å². The highest BCUT2D eigenvalue weighted by Gasteiger charge is 2.03. The molecule has 0 saturated carbocycles. The number of anilines is 1. The molecule has 0 amide bonds. The van der Waals surface area contributed by atoms with Gasteiger partial charge in [-0.2, -0.15) is 0 Å². The van der Waals surface area contributed by atoms with E-state index in [2.05, 4.69) is 18.2 Å². The van der Waals surface area contributed by atoms with Crippen molar-refractivity contribution in [2.45, 2.75) is 6.54 Å². The SMILES string of the molecule is Nc1cccn(Cc2cccc3ccccc23)c1=O. The van der Waals surface area contributed by atoms with E-state index in [4.69, 9.17) is 5.73 Å². The summed E-state index contributed by atoms with van der Waals surface area (Å²) in [5.74, 6) is 0. The molecule has 3 nitrogen and oxygen atoms in total. The summed E-state index contributed by atoms with van der Waals surface area (Å²) in [6.07, 6.45) is 1.76. The minimum Gasteiger partial charge on any atom is -0.394 e. The summed E-state index contributed by atoms with van der Waals surface area (Å²) in [6, 6.07) is 17.7. The lowest BCUT2D eigenvalue weighted by Gasteiger charge is -2.09. The van der Waals surface area contributed by atoms with Gasteiger partial charge < -0.3 is 10.3 Å². The van der Waals surface area contributed by atoms with Crippen molar-refractivity contribution in [3.63, 3.8) is 0 Å². The molecule has 3 heteroatoms. The number of pyridine rings is 1. The highest BCUT2D eigenvalue weighted by Crippen LogP contribution is 2.19. The Kier molecular flexibility index (Phi) is 2.80. The Hall–Kier alpha value is -2.55. The van der Waals surface area contributed by atoms with E-state index in [1.807, 2.05) is 24.3 Å². The lowest BCUT2D eigenvalue weighted by molar-refractivity contribution is 0.767. The molecule has 3 rings (SSSR count). The molecule has 0 radical (unpaired) electrons. The number of fused-ring (bicyclic) bond motifs is 1. The number of nitrogens with zero attached hydrogens (tertiary/aromatic N) is 1. The van der Waals surface area contributed by atoms with Crippen LogP contribution in [0.15, 0.2) is 65.6 Å². The third kappa shape index (κ3) is 2.10. The average Bonchev–Trinajstić information content (AvgIpc) is 2.44. The second-order valence-electron chi connectivity index (χ2n) is 4.53. The van der Waals surface area contributed by atoms with Gasteiger partial charge in [0.1, 0.15) is 0 Å². The fourth-order valence-corrected chi connectivity index (χ4v) is 2.29. The van der Waals surface area contributed by atoms with Crippen LogP contribution in [0.25, 0.3) is 10.8 Å². The smallest absolute Gasteiger partial charge is 0.273 e. The Bertz CT molecular complexity index is 785. The quantitative estimate of drug-likeness (QED) is 0.760. The first-order valence-electron chi connectivity index (χ1n) is 6.17. The average molecular weight is 250 g/mol. The second-order valence-corrected chi connectivity index (χ2v) is 4.53. The van der Waals surface area contributed by atoms with Gasteiger partial charge in [-0.05, 0) is 28.5 Å². The molecule has 0 atom stereocenters. The number of aromatic nitrogens is 1. The third-order valence-corrected chi connectivity index (χ3v) is 3.27. The van der Waals surface area contributed by atoms with Gasteiger partial charge in [0.25, 0.3) is 5.56 Å². The lowest BCUT2D eigenvalue weighted by atomic mass is 10.0. The van der Waals surface area contributed by atoms with Gasteiger partial charge in [0.05, 0.1) is 12.2 Å². The highest BCUT2D eigenvalue weighted by atomic mass is 16.1. The highest BCUT2D eigenvalue weighted by molar-refractivity contribution is 5.85. The van der Waals surface area contributed by atoms with Gasteiger partial charge >= 0.3 is 0 Å². The maximum absolute atomic E-state index is 11.9. The lowest BCUT2D eigenvalue weighted by Crippen LogP contribution is -2.22. The van der Waals surface area contributed by atoms with Gasteiger partial charge in [0, 0.05) is 6.20 Å². The molecular formula is C16H14N2O. The molecule has 94 valence electrons. The first-order valence-corrected chi connectivity index (χ1v) is 6.17. The van der Waals surface area contributed by atoms with Crippen molar-refractivity contribution in [2.24, 2.45) is 0 Å². The van der Waals surface area contributed by atoms with Gasteiger partial charge in [0.15, 0.2) is 0 Å². The van der Waals surface area contributed by atoms with Crippen LogP contribution in [-0.2, 0) is 6.54 Å². The molecule has 0 fully saturated rings. The predicted molar refractivity (Wildman–Crippen MR) is 78.2 cm³/mol. The minimum atomic E-state index is -0.143. The van der Waals surface area contributed by atoms with E-state index in [0.717, 1.165) is 5.56 Å². The van der Waals surface area contributed by atoms with Crippen molar-refractivity contribution >= 4 is 16.5 Å². The number of hydrogen-bond donors (Lipinski definition) is 1. The van der Waals surface area contributed by atoms with Crippen molar-refractivity contribution in [3.8, 4) is 0 Å². The molecule has 0 aliphatic rings. The van der Waals surface area contributed by atoms with Crippen LogP contribution in [0.2, 0.25) is 0 Å². The van der Waals surface area contributed by atoms with E-state index >= 15 is 0 Å².